The topological polar surface area (TPSA) is 24.1 Å². The van der Waals surface area contributed by atoms with Gasteiger partial charge in [0.15, 0.2) is 0 Å². The van der Waals surface area contributed by atoms with Crippen molar-refractivity contribution < 1.29 is 0 Å². The molecule has 2 nitrogen and oxygen atoms in total. The van der Waals surface area contributed by atoms with E-state index in [-0.39, 0.29) is 11.1 Å². The van der Waals surface area contributed by atoms with Crippen LogP contribution in [-0.2, 0) is 6.54 Å². The maximum Gasteiger partial charge on any atom is 0.0208 e. The molecule has 0 bridgehead atoms. The largest absolute Gasteiger partial charge is 0.310 e. The van der Waals surface area contributed by atoms with Gasteiger partial charge in [-0.15, -0.1) is 0 Å². The van der Waals surface area contributed by atoms with Gasteiger partial charge in [0.2, 0.25) is 0 Å². The summed E-state index contributed by atoms with van der Waals surface area (Å²) >= 11 is 0. The normalized spacial score (nSPS) is 25.0. The average molecular weight is 286 g/mol. The van der Waals surface area contributed by atoms with Crippen LogP contribution in [-0.4, -0.2) is 17.1 Å². The van der Waals surface area contributed by atoms with Gasteiger partial charge in [0.25, 0.3) is 0 Å². The summed E-state index contributed by atoms with van der Waals surface area (Å²) in [5.41, 5.74) is 3.42. The van der Waals surface area contributed by atoms with Gasteiger partial charge in [-0.2, -0.15) is 0 Å². The van der Waals surface area contributed by atoms with Crippen LogP contribution in [0, 0.1) is 0 Å². The molecule has 2 aliphatic rings. The molecule has 3 rings (SSSR count). The Morgan fingerprint density at radius 3 is 2.38 bits per heavy atom. The van der Waals surface area contributed by atoms with E-state index in [4.69, 9.17) is 0 Å². The van der Waals surface area contributed by atoms with Crippen LogP contribution in [0.15, 0.2) is 24.3 Å². The highest BCUT2D eigenvalue weighted by atomic mass is 15.1. The Kier molecular flexibility index (Phi) is 3.87. The number of nitrogens with one attached hydrogen (secondary N) is 2. The van der Waals surface area contributed by atoms with Crippen molar-refractivity contribution in [1.29, 1.82) is 0 Å². The molecule has 0 atom stereocenters. The summed E-state index contributed by atoms with van der Waals surface area (Å²) in [7, 11) is 0. The van der Waals surface area contributed by atoms with Gasteiger partial charge in [-0.3, -0.25) is 0 Å². The van der Waals surface area contributed by atoms with Crippen LogP contribution in [0.2, 0.25) is 0 Å². The molecular formula is C19H30N2. The third-order valence-corrected chi connectivity index (χ3v) is 4.78. The van der Waals surface area contributed by atoms with Crippen molar-refractivity contribution in [2.75, 3.05) is 0 Å². The summed E-state index contributed by atoms with van der Waals surface area (Å²) in [6.07, 6.45) is 5.15. The Morgan fingerprint density at radius 1 is 1.10 bits per heavy atom. The fraction of sp³-hybridized carbons (Fsp3) is 0.684. The number of benzene rings is 1. The number of rotatable bonds is 4. The Labute approximate surface area is 129 Å². The van der Waals surface area contributed by atoms with Crippen LogP contribution in [0.25, 0.3) is 0 Å². The Bertz CT molecular complexity index is 484. The second-order valence-corrected chi connectivity index (χ2v) is 8.40. The first-order valence-electron chi connectivity index (χ1n) is 8.45. The van der Waals surface area contributed by atoms with Crippen molar-refractivity contribution in [2.45, 2.75) is 83.0 Å². The number of hydrogen-bond donors (Lipinski definition) is 2. The summed E-state index contributed by atoms with van der Waals surface area (Å²) in [6, 6.07) is 9.78. The molecule has 0 spiro atoms. The minimum absolute atomic E-state index is 0.218. The zero-order valence-corrected chi connectivity index (χ0v) is 14.0. The maximum atomic E-state index is 3.80. The predicted molar refractivity (Wildman–Crippen MR) is 89.6 cm³/mol. The lowest BCUT2D eigenvalue weighted by molar-refractivity contribution is 0.145. The molecule has 1 aliphatic carbocycles. The van der Waals surface area contributed by atoms with E-state index in [0.717, 1.165) is 12.5 Å². The molecule has 2 heteroatoms. The summed E-state index contributed by atoms with van der Waals surface area (Å²) in [5.74, 6) is 0.849. The van der Waals surface area contributed by atoms with E-state index in [1.165, 1.54) is 31.2 Å². The average Bonchev–Trinajstić information content (AvgIpc) is 3.17. The highest BCUT2D eigenvalue weighted by molar-refractivity contribution is 5.29. The van der Waals surface area contributed by atoms with Crippen molar-refractivity contribution in [3.63, 3.8) is 0 Å². The van der Waals surface area contributed by atoms with Gasteiger partial charge in [0, 0.05) is 23.7 Å². The SMILES string of the molecule is CC1(C)CC(NCc2cccc(C3CC3)c2)CC(C)(C)N1. The molecular weight excluding hydrogens is 256 g/mol. The fourth-order valence-corrected chi connectivity index (χ4v) is 4.10. The van der Waals surface area contributed by atoms with Crippen LogP contribution >= 0.6 is 0 Å². The number of hydrogen-bond acceptors (Lipinski definition) is 2. The molecule has 2 fully saturated rings. The maximum absolute atomic E-state index is 3.80. The third-order valence-electron chi connectivity index (χ3n) is 4.78. The molecule has 116 valence electrons. The monoisotopic (exact) mass is 286 g/mol. The van der Waals surface area contributed by atoms with E-state index in [0.29, 0.717) is 6.04 Å². The quantitative estimate of drug-likeness (QED) is 0.875. The highest BCUT2D eigenvalue weighted by Gasteiger charge is 2.37. The Balaban J connectivity index is 1.60. The standard InChI is InChI=1S/C19H30N2/c1-18(2)11-17(12-19(3,4)21-18)20-13-14-6-5-7-16(10-14)15-8-9-15/h5-7,10,15,17,20-21H,8-9,11-13H2,1-4H3. The molecule has 1 saturated heterocycles. The van der Waals surface area contributed by atoms with E-state index in [2.05, 4.69) is 62.6 Å². The van der Waals surface area contributed by atoms with Gasteiger partial charge in [-0.05, 0) is 70.4 Å². The predicted octanol–water partition coefficient (Wildman–Crippen LogP) is 3.96. The van der Waals surface area contributed by atoms with Gasteiger partial charge in [-0.25, -0.2) is 0 Å². The fourth-order valence-electron chi connectivity index (χ4n) is 4.10. The van der Waals surface area contributed by atoms with Crippen LogP contribution in [0.5, 0.6) is 0 Å². The van der Waals surface area contributed by atoms with Crippen molar-refractivity contribution in [2.24, 2.45) is 0 Å². The zero-order chi connectivity index (χ0) is 15.1. The van der Waals surface area contributed by atoms with Crippen LogP contribution < -0.4 is 10.6 Å². The molecule has 2 N–H and O–H groups in total. The molecule has 1 aliphatic heterocycles. The van der Waals surface area contributed by atoms with Crippen molar-refractivity contribution in [3.8, 4) is 0 Å². The summed E-state index contributed by atoms with van der Waals surface area (Å²) in [6.45, 7) is 10.3. The first-order valence-corrected chi connectivity index (χ1v) is 8.45. The van der Waals surface area contributed by atoms with E-state index >= 15 is 0 Å². The van der Waals surface area contributed by atoms with E-state index < -0.39 is 0 Å². The molecule has 0 aromatic heterocycles. The van der Waals surface area contributed by atoms with Crippen molar-refractivity contribution in [3.05, 3.63) is 35.4 Å². The Morgan fingerprint density at radius 2 is 1.76 bits per heavy atom. The lowest BCUT2D eigenvalue weighted by Gasteiger charge is -2.46. The van der Waals surface area contributed by atoms with Gasteiger partial charge in [0.05, 0.1) is 0 Å². The van der Waals surface area contributed by atoms with E-state index in [1.54, 1.807) is 5.56 Å². The molecule has 1 heterocycles. The van der Waals surface area contributed by atoms with Crippen molar-refractivity contribution >= 4 is 0 Å². The van der Waals surface area contributed by atoms with Gasteiger partial charge in [0.1, 0.15) is 0 Å². The minimum atomic E-state index is 0.218. The molecule has 1 saturated carbocycles. The zero-order valence-electron chi connectivity index (χ0n) is 14.0. The third kappa shape index (κ3) is 4.08. The van der Waals surface area contributed by atoms with E-state index in [9.17, 15) is 0 Å². The minimum Gasteiger partial charge on any atom is -0.310 e. The van der Waals surface area contributed by atoms with Crippen molar-refractivity contribution in [1.82, 2.24) is 10.6 Å². The van der Waals surface area contributed by atoms with Crippen LogP contribution in [0.3, 0.4) is 0 Å². The molecule has 0 unspecified atom stereocenters. The molecule has 1 aromatic carbocycles. The smallest absolute Gasteiger partial charge is 0.0208 e. The molecule has 21 heavy (non-hydrogen) atoms. The summed E-state index contributed by atoms with van der Waals surface area (Å²) < 4.78 is 0. The first kappa shape index (κ1) is 15.1. The number of piperidine rings is 1. The summed E-state index contributed by atoms with van der Waals surface area (Å²) in [4.78, 5) is 0. The van der Waals surface area contributed by atoms with Gasteiger partial charge < -0.3 is 10.6 Å². The Hall–Kier alpha value is -0.860. The van der Waals surface area contributed by atoms with Gasteiger partial charge in [-0.1, -0.05) is 24.3 Å². The van der Waals surface area contributed by atoms with Crippen LogP contribution in [0.1, 0.15) is 70.4 Å². The second kappa shape index (κ2) is 5.40. The molecule has 1 aromatic rings. The van der Waals surface area contributed by atoms with E-state index in [1.807, 2.05) is 0 Å². The summed E-state index contributed by atoms with van der Waals surface area (Å²) in [5, 5.41) is 7.55. The van der Waals surface area contributed by atoms with Crippen LogP contribution in [0.4, 0.5) is 0 Å². The lowest BCUT2D eigenvalue weighted by Crippen LogP contribution is -2.61. The molecule has 0 amide bonds. The van der Waals surface area contributed by atoms with Gasteiger partial charge >= 0.3 is 0 Å². The lowest BCUT2D eigenvalue weighted by atomic mass is 9.79. The highest BCUT2D eigenvalue weighted by Crippen LogP contribution is 2.40. The second-order valence-electron chi connectivity index (χ2n) is 8.40. The molecule has 0 radical (unpaired) electrons. The first-order chi connectivity index (χ1) is 9.83.